The smallest absolute Gasteiger partial charge is 0.410 e. The highest BCUT2D eigenvalue weighted by Crippen LogP contribution is 2.34. The van der Waals surface area contributed by atoms with E-state index in [1.54, 1.807) is 7.11 Å². The molecule has 0 spiro atoms. The maximum absolute atomic E-state index is 12.8. The number of carbonyl (C=O) groups is 1. The van der Waals surface area contributed by atoms with Gasteiger partial charge >= 0.3 is 6.09 Å². The van der Waals surface area contributed by atoms with E-state index in [0.717, 1.165) is 29.2 Å². The third-order valence-corrected chi connectivity index (χ3v) is 6.88. The molecule has 0 saturated carbocycles. The number of rotatable bonds is 7. The van der Waals surface area contributed by atoms with Crippen LogP contribution in [-0.2, 0) is 16.1 Å². The van der Waals surface area contributed by atoms with E-state index in [1.807, 2.05) is 68.1 Å². The first kappa shape index (κ1) is 26.3. The maximum Gasteiger partial charge on any atom is 0.410 e. The molecule has 2 bridgehead atoms. The topological polar surface area (TPSA) is 86.2 Å². The van der Waals surface area contributed by atoms with Gasteiger partial charge in [-0.25, -0.2) is 9.78 Å². The monoisotopic (exact) mass is 540 g/mol. The van der Waals surface area contributed by atoms with Gasteiger partial charge in [-0.2, -0.15) is 4.98 Å². The summed E-state index contributed by atoms with van der Waals surface area (Å²) >= 11 is 6.32. The van der Waals surface area contributed by atoms with Crippen LogP contribution < -0.4 is 14.4 Å². The molecule has 3 aromatic rings. The number of fused-ring (bicyclic) bond motifs is 3. The van der Waals surface area contributed by atoms with E-state index in [9.17, 15) is 4.79 Å². The molecule has 2 saturated heterocycles. The van der Waals surface area contributed by atoms with Gasteiger partial charge in [0, 0.05) is 31.8 Å². The third-order valence-electron chi connectivity index (χ3n) is 6.71. The number of hydrogen-bond acceptors (Lipinski definition) is 8. The zero-order valence-corrected chi connectivity index (χ0v) is 22.9. The number of aromatic nitrogens is 2. The Hall–Kier alpha value is -3.30. The van der Waals surface area contributed by atoms with Crippen LogP contribution in [0.25, 0.3) is 10.8 Å². The molecule has 0 N–H and O–H groups in total. The average molecular weight is 541 g/mol. The Morgan fingerprint density at radius 3 is 2.50 bits per heavy atom. The largest absolute Gasteiger partial charge is 0.473 e. The number of amides is 1. The Balaban J connectivity index is 1.32. The second kappa shape index (κ2) is 10.8. The molecule has 0 aliphatic carbocycles. The molecule has 2 fully saturated rings. The number of ether oxygens (including phenoxy) is 4. The summed E-state index contributed by atoms with van der Waals surface area (Å²) in [7, 11) is 1.59. The van der Waals surface area contributed by atoms with Crippen molar-refractivity contribution in [2.24, 2.45) is 0 Å². The number of piperazine rings is 1. The molecule has 2 aromatic carbocycles. The number of methoxy groups -OCH3 is 1. The molecule has 2 atom stereocenters. The fourth-order valence-electron chi connectivity index (χ4n) is 5.17. The van der Waals surface area contributed by atoms with Crippen molar-refractivity contribution >= 4 is 34.3 Å². The second-order valence-corrected chi connectivity index (χ2v) is 11.0. The highest BCUT2D eigenvalue weighted by molar-refractivity contribution is 6.28. The first-order valence-electron chi connectivity index (χ1n) is 12.8. The molecule has 38 heavy (non-hydrogen) atoms. The van der Waals surface area contributed by atoms with Crippen LogP contribution in [0.3, 0.4) is 0 Å². The molecule has 2 aliphatic rings. The predicted molar refractivity (Wildman–Crippen MR) is 145 cm³/mol. The minimum absolute atomic E-state index is 0.0583. The highest BCUT2D eigenvalue weighted by atomic mass is 35.5. The Labute approximate surface area is 227 Å². The van der Waals surface area contributed by atoms with Crippen LogP contribution in [0.5, 0.6) is 11.6 Å². The van der Waals surface area contributed by atoms with E-state index < -0.39 is 5.60 Å². The Morgan fingerprint density at radius 1 is 1.05 bits per heavy atom. The van der Waals surface area contributed by atoms with Gasteiger partial charge in [0.1, 0.15) is 23.8 Å². The summed E-state index contributed by atoms with van der Waals surface area (Å²) in [4.78, 5) is 25.6. The van der Waals surface area contributed by atoms with Crippen molar-refractivity contribution in [2.75, 3.05) is 31.9 Å². The summed E-state index contributed by atoms with van der Waals surface area (Å²) in [5.74, 6) is 1.76. The molecule has 5 rings (SSSR count). The van der Waals surface area contributed by atoms with Crippen molar-refractivity contribution < 1.29 is 23.7 Å². The van der Waals surface area contributed by atoms with Crippen molar-refractivity contribution in [1.82, 2.24) is 14.9 Å². The van der Waals surface area contributed by atoms with E-state index in [-0.39, 0.29) is 36.9 Å². The number of anilines is 1. The van der Waals surface area contributed by atoms with Gasteiger partial charge in [-0.15, -0.1) is 0 Å². The van der Waals surface area contributed by atoms with E-state index in [2.05, 4.69) is 14.9 Å². The number of halogens is 1. The lowest BCUT2D eigenvalue weighted by atomic mass is 10.0. The Morgan fingerprint density at radius 2 is 1.79 bits per heavy atom. The molecule has 3 heterocycles. The first-order chi connectivity index (χ1) is 18.2. The molecule has 2 aliphatic heterocycles. The zero-order chi connectivity index (χ0) is 26.9. The number of benzene rings is 2. The molecule has 202 valence electrons. The lowest BCUT2D eigenvalue weighted by Crippen LogP contribution is -2.57. The van der Waals surface area contributed by atoms with Crippen LogP contribution in [0.2, 0.25) is 5.28 Å². The summed E-state index contributed by atoms with van der Waals surface area (Å²) in [6.07, 6.45) is 1.60. The fraction of sp³-hybridized carbons (Fsp3) is 0.464. The maximum atomic E-state index is 12.8. The van der Waals surface area contributed by atoms with Crippen molar-refractivity contribution in [3.05, 3.63) is 53.3 Å². The van der Waals surface area contributed by atoms with Gasteiger partial charge in [-0.05, 0) is 68.1 Å². The minimum Gasteiger partial charge on any atom is -0.473 e. The summed E-state index contributed by atoms with van der Waals surface area (Å²) in [6.45, 7) is 7.39. The van der Waals surface area contributed by atoms with Crippen LogP contribution in [0.1, 0.15) is 39.2 Å². The Bertz CT molecular complexity index is 1300. The lowest BCUT2D eigenvalue weighted by molar-refractivity contribution is 0.0122. The molecule has 9 nitrogen and oxygen atoms in total. The molecule has 1 aromatic heterocycles. The summed E-state index contributed by atoms with van der Waals surface area (Å²) in [5, 5.41) is 2.22. The van der Waals surface area contributed by atoms with Crippen molar-refractivity contribution in [1.29, 1.82) is 0 Å². The molecular formula is C28H33ClN4O5. The van der Waals surface area contributed by atoms with E-state index >= 15 is 0 Å². The molecule has 0 radical (unpaired) electrons. The van der Waals surface area contributed by atoms with Gasteiger partial charge in [0.2, 0.25) is 11.2 Å². The number of carbonyl (C=O) groups excluding carboxylic acids is 1. The zero-order valence-electron chi connectivity index (χ0n) is 22.1. The van der Waals surface area contributed by atoms with E-state index in [1.165, 1.54) is 0 Å². The van der Waals surface area contributed by atoms with E-state index in [4.69, 9.17) is 30.5 Å². The number of hydrogen-bond donors (Lipinski definition) is 0. The second-order valence-electron chi connectivity index (χ2n) is 10.7. The van der Waals surface area contributed by atoms with Gasteiger partial charge in [0.05, 0.1) is 12.1 Å². The molecule has 1 amide bonds. The van der Waals surface area contributed by atoms with Crippen LogP contribution in [0, 0.1) is 0 Å². The lowest BCUT2D eigenvalue weighted by Gasteiger charge is -2.41. The van der Waals surface area contributed by atoms with Crippen LogP contribution in [0.15, 0.2) is 42.5 Å². The fourth-order valence-corrected chi connectivity index (χ4v) is 5.34. The quantitative estimate of drug-likeness (QED) is 0.289. The number of nitrogens with zero attached hydrogens (tertiary/aromatic N) is 4. The Kier molecular flexibility index (Phi) is 7.49. The summed E-state index contributed by atoms with van der Waals surface area (Å²) < 4.78 is 22.5. The summed E-state index contributed by atoms with van der Waals surface area (Å²) in [6, 6.07) is 13.9. The predicted octanol–water partition coefficient (Wildman–Crippen LogP) is 5.43. The highest BCUT2D eigenvalue weighted by Gasteiger charge is 2.44. The third kappa shape index (κ3) is 5.89. The van der Waals surface area contributed by atoms with Gasteiger partial charge in [-0.3, -0.25) is 4.90 Å². The van der Waals surface area contributed by atoms with Gasteiger partial charge in [-0.1, -0.05) is 24.3 Å². The van der Waals surface area contributed by atoms with Crippen LogP contribution >= 0.6 is 11.6 Å². The minimum atomic E-state index is -0.527. The van der Waals surface area contributed by atoms with Crippen LogP contribution in [-0.4, -0.2) is 65.6 Å². The van der Waals surface area contributed by atoms with Crippen molar-refractivity contribution in [2.45, 2.75) is 57.9 Å². The van der Waals surface area contributed by atoms with E-state index in [0.29, 0.717) is 30.5 Å². The van der Waals surface area contributed by atoms with Gasteiger partial charge < -0.3 is 23.8 Å². The normalized spacial score (nSPS) is 19.1. The van der Waals surface area contributed by atoms with Crippen LogP contribution in [0.4, 0.5) is 10.6 Å². The van der Waals surface area contributed by atoms with Gasteiger partial charge in [0.15, 0.2) is 6.79 Å². The standard InChI is InChI=1S/C28H33ClN4O5/c1-28(2,3)38-27(34)33-20-9-10-21(33)15-32(14-20)24-13-25(31-26(29)30-24)36-16-19-12-22(37-17-35-4)11-18-7-5-6-8-23(18)19/h5-8,11-13,20-21H,9-10,14-17H2,1-4H3/t20-,21+. The molecule has 10 heteroatoms. The van der Waals surface area contributed by atoms with Crippen molar-refractivity contribution in [3.8, 4) is 11.6 Å². The molecular weight excluding hydrogens is 508 g/mol. The average Bonchev–Trinajstić information content (AvgIpc) is 3.14. The SMILES string of the molecule is COCOc1cc(COc2cc(N3C[C@H]4CC[C@@H](C3)N4C(=O)OC(C)(C)C)nc(Cl)n2)c2ccccc2c1. The summed E-state index contributed by atoms with van der Waals surface area (Å²) in [5.41, 5.74) is 0.426. The van der Waals surface area contributed by atoms with Gasteiger partial charge in [0.25, 0.3) is 0 Å². The van der Waals surface area contributed by atoms with Crippen molar-refractivity contribution in [3.63, 3.8) is 0 Å². The first-order valence-corrected chi connectivity index (χ1v) is 13.1. The molecule has 0 unspecified atom stereocenters.